The molecule has 0 spiro atoms. The van der Waals surface area contributed by atoms with E-state index in [2.05, 4.69) is 4.72 Å². The molecular formula is C32H35ClN2O7S. The van der Waals surface area contributed by atoms with E-state index in [1.165, 1.54) is 0 Å². The van der Waals surface area contributed by atoms with Crippen LogP contribution < -0.4 is 14.2 Å². The predicted octanol–water partition coefficient (Wildman–Crippen LogP) is 5.62. The molecular weight excluding hydrogens is 592 g/mol. The van der Waals surface area contributed by atoms with E-state index in [4.69, 9.17) is 30.2 Å². The van der Waals surface area contributed by atoms with Crippen LogP contribution in [0.1, 0.15) is 40.6 Å². The molecule has 1 N–H and O–H groups in total. The summed E-state index contributed by atoms with van der Waals surface area (Å²) in [5.74, 6) is 1.15. The third-order valence-electron chi connectivity index (χ3n) is 7.49. The van der Waals surface area contributed by atoms with Crippen molar-refractivity contribution in [2.24, 2.45) is 0 Å². The summed E-state index contributed by atoms with van der Waals surface area (Å²) in [6.45, 7) is 3.21. The van der Waals surface area contributed by atoms with Gasteiger partial charge in [-0.1, -0.05) is 24.6 Å². The summed E-state index contributed by atoms with van der Waals surface area (Å²) >= 11 is 6.39. The minimum atomic E-state index is -3.63. The monoisotopic (exact) mass is 626 g/mol. The Hall–Kier alpha value is -3.57. The minimum absolute atomic E-state index is 0.190. The predicted molar refractivity (Wildman–Crippen MR) is 165 cm³/mol. The van der Waals surface area contributed by atoms with E-state index < -0.39 is 10.0 Å². The standard InChI is InChI=1S/C32H35ClN2O7S/c1-4-11-34-43(37,38)28-8-5-21-15-26(16-22(21)18-28)35(20-24-14-25(33)6-9-29(24)41-13-12-39-2)32(36)31-19-23-17-27(40-3)7-10-30(23)42-31/h5-10,14,17-19,26,34H,4,11-13,15-16,20H2,1-3H3. The Labute approximate surface area is 256 Å². The van der Waals surface area contributed by atoms with Crippen molar-refractivity contribution < 1.29 is 31.8 Å². The fraction of sp³-hybridized carbons (Fsp3) is 0.344. The van der Waals surface area contributed by atoms with Crippen molar-refractivity contribution in [1.82, 2.24) is 9.62 Å². The van der Waals surface area contributed by atoms with Crippen LogP contribution in [0.15, 0.2) is 70.0 Å². The second-order valence-corrected chi connectivity index (χ2v) is 12.6. The number of carbonyl (C=O) groups is 1. The zero-order valence-electron chi connectivity index (χ0n) is 24.4. The van der Waals surface area contributed by atoms with Crippen molar-refractivity contribution in [1.29, 1.82) is 0 Å². The maximum Gasteiger partial charge on any atom is 0.290 e. The van der Waals surface area contributed by atoms with Gasteiger partial charge in [0.15, 0.2) is 5.76 Å². The van der Waals surface area contributed by atoms with Crippen LogP contribution in [0, 0.1) is 0 Å². The quantitative estimate of drug-likeness (QED) is 0.192. The number of rotatable bonds is 13. The molecule has 0 bridgehead atoms. The summed E-state index contributed by atoms with van der Waals surface area (Å²) in [4.78, 5) is 16.2. The highest BCUT2D eigenvalue weighted by molar-refractivity contribution is 7.89. The molecule has 3 aromatic carbocycles. The first kappa shape index (κ1) is 30.9. The largest absolute Gasteiger partial charge is 0.497 e. The number of furan rings is 1. The Bertz CT molecular complexity index is 1720. The molecule has 11 heteroatoms. The van der Waals surface area contributed by atoms with E-state index >= 15 is 0 Å². The number of hydrogen-bond acceptors (Lipinski definition) is 7. The molecule has 43 heavy (non-hydrogen) atoms. The second-order valence-electron chi connectivity index (χ2n) is 10.4. The van der Waals surface area contributed by atoms with Crippen LogP contribution in [0.5, 0.6) is 11.5 Å². The van der Waals surface area contributed by atoms with Gasteiger partial charge in [-0.2, -0.15) is 0 Å². The summed E-state index contributed by atoms with van der Waals surface area (Å²) in [5.41, 5.74) is 3.19. The molecule has 9 nitrogen and oxygen atoms in total. The summed E-state index contributed by atoms with van der Waals surface area (Å²) < 4.78 is 50.7. The Morgan fingerprint density at radius 2 is 1.84 bits per heavy atom. The maximum absolute atomic E-state index is 14.2. The molecule has 1 aliphatic carbocycles. The molecule has 1 aromatic heterocycles. The van der Waals surface area contributed by atoms with Crippen molar-refractivity contribution in [2.45, 2.75) is 43.7 Å². The summed E-state index contributed by atoms with van der Waals surface area (Å²) in [7, 11) is -0.444. The number of nitrogens with one attached hydrogen (secondary N) is 1. The van der Waals surface area contributed by atoms with Crippen LogP contribution in [0.25, 0.3) is 11.0 Å². The molecule has 0 radical (unpaired) electrons. The van der Waals surface area contributed by atoms with Gasteiger partial charge < -0.3 is 23.5 Å². The average molecular weight is 627 g/mol. The zero-order valence-corrected chi connectivity index (χ0v) is 26.0. The third-order valence-corrected chi connectivity index (χ3v) is 9.18. The molecule has 5 rings (SSSR count). The van der Waals surface area contributed by atoms with Crippen LogP contribution in [0.4, 0.5) is 0 Å². The van der Waals surface area contributed by atoms with Gasteiger partial charge in [0.1, 0.15) is 23.7 Å². The van der Waals surface area contributed by atoms with Crippen LogP contribution >= 0.6 is 11.6 Å². The number of sulfonamides is 1. The Kier molecular flexibility index (Phi) is 9.61. The van der Waals surface area contributed by atoms with E-state index in [0.29, 0.717) is 61.1 Å². The molecule has 4 aromatic rings. The Morgan fingerprint density at radius 3 is 2.60 bits per heavy atom. The lowest BCUT2D eigenvalue weighted by Gasteiger charge is -2.29. The van der Waals surface area contributed by atoms with Gasteiger partial charge in [-0.25, -0.2) is 13.1 Å². The van der Waals surface area contributed by atoms with Crippen LogP contribution in [-0.4, -0.2) is 59.2 Å². The molecule has 1 heterocycles. The van der Waals surface area contributed by atoms with Gasteiger partial charge in [0.2, 0.25) is 10.0 Å². The molecule has 1 unspecified atom stereocenters. The first-order valence-corrected chi connectivity index (χ1v) is 16.0. The van der Waals surface area contributed by atoms with E-state index in [0.717, 1.165) is 22.1 Å². The summed E-state index contributed by atoms with van der Waals surface area (Å²) in [5, 5.41) is 1.26. The smallest absolute Gasteiger partial charge is 0.290 e. The lowest BCUT2D eigenvalue weighted by atomic mass is 10.1. The Morgan fingerprint density at radius 1 is 1.02 bits per heavy atom. The lowest BCUT2D eigenvalue weighted by molar-refractivity contribution is 0.0634. The number of nitrogens with zero attached hydrogens (tertiary/aromatic N) is 1. The fourth-order valence-electron chi connectivity index (χ4n) is 5.27. The summed E-state index contributed by atoms with van der Waals surface area (Å²) in [6.07, 6.45) is 1.73. The van der Waals surface area contributed by atoms with Crippen LogP contribution in [0.2, 0.25) is 5.02 Å². The van der Waals surface area contributed by atoms with E-state index in [1.807, 2.05) is 19.1 Å². The molecule has 1 atom stereocenters. The van der Waals surface area contributed by atoms with Crippen molar-refractivity contribution in [3.8, 4) is 11.5 Å². The van der Waals surface area contributed by atoms with Crippen molar-refractivity contribution in [3.05, 3.63) is 88.1 Å². The number of hydrogen-bond donors (Lipinski definition) is 1. The molecule has 0 saturated carbocycles. The van der Waals surface area contributed by atoms with Gasteiger partial charge in [0.05, 0.1) is 25.2 Å². The van der Waals surface area contributed by atoms with Gasteiger partial charge >= 0.3 is 0 Å². The molecule has 1 amide bonds. The number of benzene rings is 3. The summed E-state index contributed by atoms with van der Waals surface area (Å²) in [6, 6.07) is 17.3. The van der Waals surface area contributed by atoms with Gasteiger partial charge in [-0.05, 0) is 85.0 Å². The number of halogens is 1. The molecule has 0 fully saturated rings. The normalized spacial score (nSPS) is 14.6. The van der Waals surface area contributed by atoms with Gasteiger partial charge in [-0.15, -0.1) is 0 Å². The van der Waals surface area contributed by atoms with E-state index in [1.54, 1.807) is 67.7 Å². The van der Waals surface area contributed by atoms with Crippen molar-refractivity contribution >= 4 is 38.5 Å². The van der Waals surface area contributed by atoms with Gasteiger partial charge in [0.25, 0.3) is 5.91 Å². The van der Waals surface area contributed by atoms with Gasteiger partial charge in [-0.3, -0.25) is 4.79 Å². The molecule has 0 aliphatic heterocycles. The van der Waals surface area contributed by atoms with Crippen LogP contribution in [0.3, 0.4) is 0 Å². The third kappa shape index (κ3) is 6.99. The van der Waals surface area contributed by atoms with E-state index in [9.17, 15) is 13.2 Å². The second kappa shape index (κ2) is 13.4. The van der Waals surface area contributed by atoms with Gasteiger partial charge in [0, 0.05) is 35.7 Å². The average Bonchev–Trinajstić information content (AvgIpc) is 3.63. The highest BCUT2D eigenvalue weighted by atomic mass is 35.5. The maximum atomic E-state index is 14.2. The number of methoxy groups -OCH3 is 2. The van der Waals surface area contributed by atoms with E-state index in [-0.39, 0.29) is 29.1 Å². The molecule has 0 saturated heterocycles. The van der Waals surface area contributed by atoms with Crippen molar-refractivity contribution in [2.75, 3.05) is 34.0 Å². The molecule has 1 aliphatic rings. The first-order chi connectivity index (χ1) is 20.7. The number of carbonyl (C=O) groups excluding carboxylic acids is 1. The number of fused-ring (bicyclic) bond motifs is 2. The Balaban J connectivity index is 1.49. The fourth-order valence-corrected chi connectivity index (χ4v) is 6.65. The highest BCUT2D eigenvalue weighted by Gasteiger charge is 2.33. The number of amides is 1. The minimum Gasteiger partial charge on any atom is -0.497 e. The van der Waals surface area contributed by atoms with Crippen molar-refractivity contribution in [3.63, 3.8) is 0 Å². The first-order valence-electron chi connectivity index (χ1n) is 14.1. The highest BCUT2D eigenvalue weighted by Crippen LogP contribution is 2.33. The topological polar surface area (TPSA) is 107 Å². The zero-order chi connectivity index (χ0) is 30.6. The number of ether oxygens (including phenoxy) is 3. The molecule has 228 valence electrons. The SMILES string of the molecule is CCCNS(=O)(=O)c1ccc2c(c1)CC(N(Cc1cc(Cl)ccc1OCCOC)C(=O)c1cc3cc(OC)ccc3o1)C2. The lowest BCUT2D eigenvalue weighted by Crippen LogP contribution is -2.40. The van der Waals surface area contributed by atoms with Crippen LogP contribution in [-0.2, 0) is 34.1 Å².